The summed E-state index contributed by atoms with van der Waals surface area (Å²) in [5, 5.41) is 0. The number of pyridine rings is 1. The fraction of sp³-hybridized carbons (Fsp3) is 0.429. The number of nitrogens with zero attached hydrogens (tertiary/aromatic N) is 3. The summed E-state index contributed by atoms with van der Waals surface area (Å²) >= 11 is 3.30. The molecule has 0 radical (unpaired) electrons. The van der Waals surface area contributed by atoms with Gasteiger partial charge in [0, 0.05) is 42.9 Å². The number of carbonyl (C=O) groups is 1. The Bertz CT molecular complexity index is 1120. The van der Waals surface area contributed by atoms with E-state index in [-0.39, 0.29) is 31.1 Å². The van der Waals surface area contributed by atoms with E-state index in [4.69, 9.17) is 0 Å². The van der Waals surface area contributed by atoms with Gasteiger partial charge in [0.15, 0.2) is 0 Å². The third-order valence-electron chi connectivity index (χ3n) is 5.80. The fourth-order valence-electron chi connectivity index (χ4n) is 4.07. The average molecular weight is 494 g/mol. The molecule has 0 spiro atoms. The van der Waals surface area contributed by atoms with Gasteiger partial charge in [-0.25, -0.2) is 8.42 Å². The third-order valence-corrected chi connectivity index (χ3v) is 8.17. The van der Waals surface area contributed by atoms with Crippen LogP contribution in [0.4, 0.5) is 0 Å². The van der Waals surface area contributed by atoms with Gasteiger partial charge in [-0.05, 0) is 70.9 Å². The summed E-state index contributed by atoms with van der Waals surface area (Å²) in [6.07, 6.45) is 5.77. The van der Waals surface area contributed by atoms with Gasteiger partial charge in [-0.15, -0.1) is 0 Å². The molecular formula is C21H24BrN3O4S. The number of carbonyl (C=O) groups excluding carboxylic acids is 1. The van der Waals surface area contributed by atoms with Crippen LogP contribution in [0.3, 0.4) is 0 Å². The highest BCUT2D eigenvalue weighted by molar-refractivity contribution is 9.10. The Hall–Kier alpha value is -1.97. The maximum Gasteiger partial charge on any atom is 0.251 e. The first-order valence-electron chi connectivity index (χ1n) is 10.1. The van der Waals surface area contributed by atoms with Gasteiger partial charge in [-0.3, -0.25) is 9.59 Å². The van der Waals surface area contributed by atoms with Crippen LogP contribution in [-0.2, 0) is 34.2 Å². The SMILES string of the molecule is O=C(Cn1cc(Br)ccc1=O)N1CCN(S(=O)(=O)c2ccc3c(c2)CCCC3)CC1. The number of aryl methyl sites for hydroxylation is 2. The molecule has 1 saturated heterocycles. The van der Waals surface area contributed by atoms with Gasteiger partial charge in [0.25, 0.3) is 5.56 Å². The third kappa shape index (κ3) is 4.38. The first-order valence-corrected chi connectivity index (χ1v) is 12.3. The summed E-state index contributed by atoms with van der Waals surface area (Å²) in [7, 11) is -3.58. The second-order valence-electron chi connectivity index (χ2n) is 7.74. The van der Waals surface area contributed by atoms with Gasteiger partial charge in [0.1, 0.15) is 6.54 Å². The maximum atomic E-state index is 13.1. The maximum absolute atomic E-state index is 13.1. The van der Waals surface area contributed by atoms with Gasteiger partial charge >= 0.3 is 0 Å². The molecule has 0 bridgehead atoms. The van der Waals surface area contributed by atoms with Crippen molar-refractivity contribution in [3.63, 3.8) is 0 Å². The molecule has 160 valence electrons. The topological polar surface area (TPSA) is 79.7 Å². The minimum absolute atomic E-state index is 0.0597. The van der Waals surface area contributed by atoms with Crippen molar-refractivity contribution in [1.82, 2.24) is 13.8 Å². The number of hydrogen-bond donors (Lipinski definition) is 0. The van der Waals surface area contributed by atoms with Crippen molar-refractivity contribution >= 4 is 31.9 Å². The van der Waals surface area contributed by atoms with E-state index in [1.807, 2.05) is 12.1 Å². The normalized spacial score (nSPS) is 17.6. The van der Waals surface area contributed by atoms with Gasteiger partial charge in [0.2, 0.25) is 15.9 Å². The molecule has 0 atom stereocenters. The van der Waals surface area contributed by atoms with Crippen molar-refractivity contribution < 1.29 is 13.2 Å². The summed E-state index contributed by atoms with van der Waals surface area (Å²) in [6, 6.07) is 8.50. The molecule has 1 aromatic heterocycles. The van der Waals surface area contributed by atoms with E-state index >= 15 is 0 Å². The minimum Gasteiger partial charge on any atom is -0.339 e. The Balaban J connectivity index is 1.42. The van der Waals surface area contributed by atoms with Crippen molar-refractivity contribution in [2.45, 2.75) is 37.1 Å². The Kier molecular flexibility index (Phi) is 6.13. The van der Waals surface area contributed by atoms with Crippen LogP contribution in [0.5, 0.6) is 0 Å². The summed E-state index contributed by atoms with van der Waals surface area (Å²) in [5.41, 5.74) is 2.13. The number of rotatable bonds is 4. The Labute approximate surface area is 184 Å². The molecular weight excluding hydrogens is 470 g/mol. The van der Waals surface area contributed by atoms with E-state index in [9.17, 15) is 18.0 Å². The standard InChI is InChI=1S/C21H24BrN3O4S/c22-18-6-8-20(26)24(14-18)15-21(27)23-9-11-25(12-10-23)30(28,29)19-7-5-16-3-1-2-4-17(16)13-19/h5-8,13-14H,1-4,9-12,15H2. The zero-order valence-corrected chi connectivity index (χ0v) is 19.0. The Morgan fingerprint density at radius 1 is 0.967 bits per heavy atom. The number of fused-ring (bicyclic) bond motifs is 1. The second kappa shape index (κ2) is 8.64. The molecule has 1 amide bonds. The molecule has 30 heavy (non-hydrogen) atoms. The molecule has 2 aromatic rings. The summed E-state index contributed by atoms with van der Waals surface area (Å²) in [5.74, 6) is -0.193. The Morgan fingerprint density at radius 3 is 2.40 bits per heavy atom. The number of halogens is 1. The van der Waals surface area contributed by atoms with Crippen LogP contribution in [0.1, 0.15) is 24.0 Å². The summed E-state index contributed by atoms with van der Waals surface area (Å²) < 4.78 is 29.7. The zero-order valence-electron chi connectivity index (χ0n) is 16.6. The van der Waals surface area contributed by atoms with E-state index in [1.165, 1.54) is 20.5 Å². The van der Waals surface area contributed by atoms with Crippen LogP contribution < -0.4 is 5.56 Å². The summed E-state index contributed by atoms with van der Waals surface area (Å²) in [4.78, 5) is 26.5. The zero-order chi connectivity index (χ0) is 21.3. The molecule has 7 nitrogen and oxygen atoms in total. The van der Waals surface area contributed by atoms with Crippen LogP contribution in [-0.4, -0.2) is 54.3 Å². The highest BCUT2D eigenvalue weighted by Crippen LogP contribution is 2.26. The number of aromatic nitrogens is 1. The molecule has 2 aliphatic rings. The number of piperazine rings is 1. The molecule has 0 N–H and O–H groups in total. The monoisotopic (exact) mass is 493 g/mol. The lowest BCUT2D eigenvalue weighted by atomic mass is 9.92. The van der Waals surface area contributed by atoms with Gasteiger partial charge in [0.05, 0.1) is 4.90 Å². The molecule has 9 heteroatoms. The molecule has 1 aliphatic carbocycles. The van der Waals surface area contributed by atoms with Crippen molar-refractivity contribution in [3.8, 4) is 0 Å². The smallest absolute Gasteiger partial charge is 0.251 e. The second-order valence-corrected chi connectivity index (χ2v) is 10.6. The van der Waals surface area contributed by atoms with Crippen molar-refractivity contribution in [3.05, 3.63) is 62.5 Å². The van der Waals surface area contributed by atoms with Gasteiger partial charge < -0.3 is 9.47 Å². The molecule has 2 heterocycles. The molecule has 4 rings (SSSR count). The highest BCUT2D eigenvalue weighted by Gasteiger charge is 2.30. The quantitative estimate of drug-likeness (QED) is 0.652. The Morgan fingerprint density at radius 2 is 1.67 bits per heavy atom. The first kappa shape index (κ1) is 21.3. The predicted molar refractivity (Wildman–Crippen MR) is 117 cm³/mol. The lowest BCUT2D eigenvalue weighted by molar-refractivity contribution is -0.133. The molecule has 1 aliphatic heterocycles. The van der Waals surface area contributed by atoms with E-state index < -0.39 is 10.0 Å². The van der Waals surface area contributed by atoms with Crippen molar-refractivity contribution in [2.75, 3.05) is 26.2 Å². The number of benzene rings is 1. The van der Waals surface area contributed by atoms with Gasteiger partial charge in [-0.1, -0.05) is 6.07 Å². The van der Waals surface area contributed by atoms with Crippen molar-refractivity contribution in [1.29, 1.82) is 0 Å². The minimum atomic E-state index is -3.58. The lowest BCUT2D eigenvalue weighted by Crippen LogP contribution is -2.51. The van der Waals surface area contributed by atoms with Crippen LogP contribution >= 0.6 is 15.9 Å². The van der Waals surface area contributed by atoms with Gasteiger partial charge in [-0.2, -0.15) is 4.31 Å². The average Bonchev–Trinajstić information content (AvgIpc) is 2.76. The molecule has 0 unspecified atom stereocenters. The van der Waals surface area contributed by atoms with Crippen molar-refractivity contribution in [2.24, 2.45) is 0 Å². The number of sulfonamides is 1. The highest BCUT2D eigenvalue weighted by atomic mass is 79.9. The van der Waals surface area contributed by atoms with E-state index in [0.29, 0.717) is 18.0 Å². The van der Waals surface area contributed by atoms with E-state index in [0.717, 1.165) is 35.7 Å². The fourth-order valence-corrected chi connectivity index (χ4v) is 5.92. The van der Waals surface area contributed by atoms with Crippen LogP contribution in [0.15, 0.2) is 50.7 Å². The number of hydrogen-bond acceptors (Lipinski definition) is 4. The van der Waals surface area contributed by atoms with E-state index in [2.05, 4.69) is 15.9 Å². The first-order chi connectivity index (χ1) is 14.3. The molecule has 0 saturated carbocycles. The van der Waals surface area contributed by atoms with Crippen LogP contribution in [0, 0.1) is 0 Å². The predicted octanol–water partition coefficient (Wildman–Crippen LogP) is 2.02. The van der Waals surface area contributed by atoms with Crippen LogP contribution in [0.25, 0.3) is 0 Å². The lowest BCUT2D eigenvalue weighted by Gasteiger charge is -2.34. The number of amides is 1. The molecule has 1 fully saturated rings. The van der Waals surface area contributed by atoms with Crippen LogP contribution in [0.2, 0.25) is 0 Å². The summed E-state index contributed by atoms with van der Waals surface area (Å²) in [6.45, 7) is 1.06. The van der Waals surface area contributed by atoms with E-state index in [1.54, 1.807) is 23.2 Å². The largest absolute Gasteiger partial charge is 0.339 e. The molecule has 1 aromatic carbocycles.